The molecule has 0 aromatic rings. The van der Waals surface area contributed by atoms with Gasteiger partial charge in [0.2, 0.25) is 0 Å². The monoisotopic (exact) mass is 205 g/mol. The average Bonchev–Trinajstić information content (AvgIpc) is 2.04. The summed E-state index contributed by atoms with van der Waals surface area (Å²) in [5, 5.41) is 0. The van der Waals surface area contributed by atoms with Crippen LogP contribution in [0, 0.1) is 0 Å². The fourth-order valence-corrected chi connectivity index (χ4v) is 2.63. The predicted octanol–water partition coefficient (Wildman–Crippen LogP) is 0.596. The summed E-state index contributed by atoms with van der Waals surface area (Å²) < 4.78 is 16.0. The van der Waals surface area contributed by atoms with E-state index in [0.29, 0.717) is 24.7 Å². The number of rotatable bonds is 1. The third kappa shape index (κ3) is 2.69. The molecule has 0 N–H and O–H groups in total. The van der Waals surface area contributed by atoms with Crippen molar-refractivity contribution in [2.45, 2.75) is 19.9 Å². The zero-order valence-corrected chi connectivity index (χ0v) is 8.80. The topological polar surface area (TPSA) is 46.6 Å². The molecular weight excluding hydrogens is 190 g/mol. The van der Waals surface area contributed by atoms with Crippen LogP contribution in [0.25, 0.3) is 0 Å². The number of hydrogen-bond acceptors (Lipinski definition) is 3. The normalized spacial score (nSPS) is 28.6. The Kier molecular flexibility index (Phi) is 3.71. The molecule has 0 saturated carbocycles. The van der Waals surface area contributed by atoms with Crippen molar-refractivity contribution >= 4 is 16.9 Å². The van der Waals surface area contributed by atoms with Gasteiger partial charge in [0.05, 0.1) is 6.61 Å². The Morgan fingerprint density at radius 3 is 2.92 bits per heavy atom. The Bertz CT molecular complexity index is 219. The molecule has 1 fully saturated rings. The van der Waals surface area contributed by atoms with Crippen molar-refractivity contribution in [2.24, 2.45) is 0 Å². The van der Waals surface area contributed by atoms with Crippen LogP contribution in [0.15, 0.2) is 0 Å². The Hall–Kier alpha value is -0.580. The zero-order chi connectivity index (χ0) is 9.84. The molecule has 0 spiro atoms. The molecule has 1 amide bonds. The Morgan fingerprint density at radius 2 is 2.38 bits per heavy atom. The van der Waals surface area contributed by atoms with Gasteiger partial charge in [0.15, 0.2) is 0 Å². The largest absolute Gasteiger partial charge is 0.450 e. The third-order valence-electron chi connectivity index (χ3n) is 2.02. The molecule has 1 aliphatic rings. The fraction of sp³-hybridized carbons (Fsp3) is 0.875. The summed E-state index contributed by atoms with van der Waals surface area (Å²) in [4.78, 5) is 13.0. The van der Waals surface area contributed by atoms with E-state index in [1.165, 1.54) is 0 Å². The van der Waals surface area contributed by atoms with E-state index in [0.717, 1.165) is 0 Å². The van der Waals surface area contributed by atoms with Crippen molar-refractivity contribution in [2.75, 3.05) is 24.7 Å². The smallest absolute Gasteiger partial charge is 0.410 e. The van der Waals surface area contributed by atoms with Crippen molar-refractivity contribution in [3.63, 3.8) is 0 Å². The molecule has 1 heterocycles. The summed E-state index contributed by atoms with van der Waals surface area (Å²) >= 11 is 0. The highest BCUT2D eigenvalue weighted by atomic mass is 32.2. The van der Waals surface area contributed by atoms with E-state index in [4.69, 9.17) is 4.74 Å². The molecule has 2 unspecified atom stereocenters. The van der Waals surface area contributed by atoms with Crippen LogP contribution in [-0.4, -0.2) is 45.9 Å². The van der Waals surface area contributed by atoms with E-state index in [1.54, 1.807) is 11.8 Å². The molecule has 1 aliphatic heterocycles. The van der Waals surface area contributed by atoms with Gasteiger partial charge < -0.3 is 9.64 Å². The summed E-state index contributed by atoms with van der Waals surface area (Å²) in [6, 6.07) is 0.0358. The Balaban J connectivity index is 2.50. The van der Waals surface area contributed by atoms with Crippen LogP contribution < -0.4 is 0 Å². The van der Waals surface area contributed by atoms with Crippen LogP contribution >= 0.6 is 0 Å². The maximum Gasteiger partial charge on any atom is 0.410 e. The van der Waals surface area contributed by atoms with Gasteiger partial charge in [0, 0.05) is 34.9 Å². The number of ether oxygens (including phenoxy) is 1. The fourth-order valence-electron chi connectivity index (χ4n) is 1.34. The highest BCUT2D eigenvalue weighted by molar-refractivity contribution is 7.85. The van der Waals surface area contributed by atoms with E-state index in [2.05, 4.69) is 0 Å². The summed E-state index contributed by atoms with van der Waals surface area (Å²) in [7, 11) is -0.761. The van der Waals surface area contributed by atoms with Crippen LogP contribution in [0.2, 0.25) is 0 Å². The lowest BCUT2D eigenvalue weighted by Crippen LogP contribution is -2.48. The van der Waals surface area contributed by atoms with E-state index >= 15 is 0 Å². The lowest BCUT2D eigenvalue weighted by Gasteiger charge is -2.31. The van der Waals surface area contributed by atoms with Crippen LogP contribution in [0.5, 0.6) is 0 Å². The molecule has 0 aromatic heterocycles. The predicted molar refractivity (Wildman–Crippen MR) is 51.1 cm³/mol. The lowest BCUT2D eigenvalue weighted by molar-refractivity contribution is 0.0979. The van der Waals surface area contributed by atoms with Gasteiger partial charge >= 0.3 is 6.09 Å². The maximum absolute atomic E-state index is 11.3. The summed E-state index contributed by atoms with van der Waals surface area (Å²) in [5.41, 5.74) is 0. The highest BCUT2D eigenvalue weighted by Gasteiger charge is 2.27. The van der Waals surface area contributed by atoms with Crippen molar-refractivity contribution < 1.29 is 13.7 Å². The van der Waals surface area contributed by atoms with Crippen LogP contribution in [0.1, 0.15) is 13.8 Å². The molecule has 0 aromatic carbocycles. The summed E-state index contributed by atoms with van der Waals surface area (Å²) in [6.07, 6.45) is -0.285. The van der Waals surface area contributed by atoms with Crippen molar-refractivity contribution in [3.05, 3.63) is 0 Å². The van der Waals surface area contributed by atoms with Gasteiger partial charge in [-0.2, -0.15) is 0 Å². The molecule has 76 valence electrons. The first-order valence-electron chi connectivity index (χ1n) is 4.43. The third-order valence-corrected chi connectivity index (χ3v) is 3.51. The molecule has 1 saturated heterocycles. The van der Waals surface area contributed by atoms with Gasteiger partial charge in [-0.15, -0.1) is 0 Å². The quantitative estimate of drug-likeness (QED) is 0.629. The first kappa shape index (κ1) is 10.5. The zero-order valence-electron chi connectivity index (χ0n) is 7.99. The molecule has 2 atom stereocenters. The van der Waals surface area contributed by atoms with Gasteiger partial charge in [-0.25, -0.2) is 4.79 Å². The first-order chi connectivity index (χ1) is 6.15. The summed E-state index contributed by atoms with van der Waals surface area (Å²) in [6.45, 7) is 4.62. The molecule has 0 bridgehead atoms. The Morgan fingerprint density at radius 1 is 1.69 bits per heavy atom. The van der Waals surface area contributed by atoms with E-state index in [1.807, 2.05) is 6.92 Å². The Labute approximate surface area is 80.7 Å². The molecule has 0 radical (unpaired) electrons. The van der Waals surface area contributed by atoms with E-state index in [9.17, 15) is 9.00 Å². The maximum atomic E-state index is 11.3. The minimum absolute atomic E-state index is 0.0358. The standard InChI is InChI=1S/C8H15NO3S/c1-3-12-8(10)9-4-5-13(11)6-7(9)2/h7H,3-6H2,1-2H3. The second-order valence-electron chi connectivity index (χ2n) is 3.05. The van der Waals surface area contributed by atoms with Gasteiger partial charge in [0.25, 0.3) is 0 Å². The number of nitrogens with zero attached hydrogens (tertiary/aromatic N) is 1. The van der Waals surface area contributed by atoms with Gasteiger partial charge in [-0.05, 0) is 13.8 Å². The van der Waals surface area contributed by atoms with Crippen LogP contribution in [0.3, 0.4) is 0 Å². The van der Waals surface area contributed by atoms with Gasteiger partial charge in [-0.3, -0.25) is 4.21 Å². The van der Waals surface area contributed by atoms with Crippen LogP contribution in [0.4, 0.5) is 4.79 Å². The van der Waals surface area contributed by atoms with E-state index < -0.39 is 10.8 Å². The number of amides is 1. The second-order valence-corrected chi connectivity index (χ2v) is 4.67. The van der Waals surface area contributed by atoms with Crippen molar-refractivity contribution in [3.8, 4) is 0 Å². The SMILES string of the molecule is CCOC(=O)N1CCS(=O)CC1C. The first-order valence-corrected chi connectivity index (χ1v) is 5.92. The molecular formula is C8H15NO3S. The molecule has 13 heavy (non-hydrogen) atoms. The number of carbonyl (C=O) groups excluding carboxylic acids is 1. The minimum Gasteiger partial charge on any atom is -0.450 e. The van der Waals surface area contributed by atoms with Crippen molar-refractivity contribution in [1.82, 2.24) is 4.90 Å². The molecule has 4 nitrogen and oxygen atoms in total. The minimum atomic E-state index is -0.761. The second kappa shape index (κ2) is 4.60. The lowest BCUT2D eigenvalue weighted by atomic mass is 10.3. The summed E-state index contributed by atoms with van der Waals surface area (Å²) in [5.74, 6) is 1.14. The van der Waals surface area contributed by atoms with E-state index in [-0.39, 0.29) is 12.1 Å². The molecule has 5 heteroatoms. The number of carbonyl (C=O) groups is 1. The van der Waals surface area contributed by atoms with Gasteiger partial charge in [-0.1, -0.05) is 0 Å². The van der Waals surface area contributed by atoms with Crippen LogP contribution in [-0.2, 0) is 15.5 Å². The van der Waals surface area contributed by atoms with Crippen molar-refractivity contribution in [1.29, 1.82) is 0 Å². The molecule has 0 aliphatic carbocycles. The van der Waals surface area contributed by atoms with Gasteiger partial charge in [0.1, 0.15) is 0 Å². The highest BCUT2D eigenvalue weighted by Crippen LogP contribution is 2.09. The average molecular weight is 205 g/mol. The number of hydrogen-bond donors (Lipinski definition) is 0. The molecule has 1 rings (SSSR count).